The average Bonchev–Trinajstić information content (AvgIpc) is 1.55. The lowest BCUT2D eigenvalue weighted by atomic mass is 10.5. The van der Waals surface area contributed by atoms with Gasteiger partial charge in [-0.15, -0.1) is 0 Å². The van der Waals surface area contributed by atoms with E-state index in [0.29, 0.717) is 0 Å². The third-order valence-corrected chi connectivity index (χ3v) is 2.07. The summed E-state index contributed by atoms with van der Waals surface area (Å²) in [4.78, 5) is 0. The van der Waals surface area contributed by atoms with Gasteiger partial charge in [-0.2, -0.15) is 0 Å². The summed E-state index contributed by atoms with van der Waals surface area (Å²) >= 11 is 16.1. The largest absolute Gasteiger partial charge is 0.215 e. The SMILES string of the molecule is CS(=O)(=O)NCCC(Cl)(Cl)Cl. The van der Waals surface area contributed by atoms with Gasteiger partial charge >= 0.3 is 0 Å². The van der Waals surface area contributed by atoms with Crippen LogP contribution in [0.3, 0.4) is 0 Å². The van der Waals surface area contributed by atoms with Crippen molar-refractivity contribution in [1.82, 2.24) is 4.72 Å². The lowest BCUT2D eigenvalue weighted by molar-refractivity contribution is 0.586. The Morgan fingerprint density at radius 2 is 1.82 bits per heavy atom. The lowest BCUT2D eigenvalue weighted by Crippen LogP contribution is -2.25. The molecule has 0 aromatic carbocycles. The molecule has 0 atom stereocenters. The van der Waals surface area contributed by atoms with Crippen molar-refractivity contribution in [1.29, 1.82) is 0 Å². The van der Waals surface area contributed by atoms with Crippen LogP contribution in [0.4, 0.5) is 0 Å². The molecule has 1 N–H and O–H groups in total. The van der Waals surface area contributed by atoms with Gasteiger partial charge in [-0.3, -0.25) is 0 Å². The highest BCUT2D eigenvalue weighted by Gasteiger charge is 2.19. The summed E-state index contributed by atoms with van der Waals surface area (Å²) in [5, 5.41) is 0. The van der Waals surface area contributed by atoms with Crippen molar-refractivity contribution in [3.8, 4) is 0 Å². The Morgan fingerprint density at radius 1 is 1.36 bits per heavy atom. The van der Waals surface area contributed by atoms with Crippen LogP contribution < -0.4 is 4.72 Å². The molecule has 3 nitrogen and oxygen atoms in total. The van der Waals surface area contributed by atoms with Crippen molar-refractivity contribution < 1.29 is 8.42 Å². The van der Waals surface area contributed by atoms with E-state index in [4.69, 9.17) is 34.8 Å². The molecule has 0 aliphatic carbocycles. The highest BCUT2D eigenvalue weighted by Crippen LogP contribution is 2.29. The van der Waals surface area contributed by atoms with E-state index < -0.39 is 13.8 Å². The van der Waals surface area contributed by atoms with Crippen LogP contribution in [0, 0.1) is 0 Å². The first-order valence-corrected chi connectivity index (χ1v) is 5.75. The van der Waals surface area contributed by atoms with E-state index in [9.17, 15) is 8.42 Å². The van der Waals surface area contributed by atoms with Gasteiger partial charge in [0.1, 0.15) is 0 Å². The minimum Gasteiger partial charge on any atom is -0.215 e. The Morgan fingerprint density at radius 3 is 2.09 bits per heavy atom. The first kappa shape index (κ1) is 11.8. The van der Waals surface area contributed by atoms with Gasteiger partial charge in [0, 0.05) is 13.0 Å². The fourth-order valence-corrected chi connectivity index (χ4v) is 1.13. The molecule has 0 radical (unpaired) electrons. The molecule has 0 saturated carbocycles. The van der Waals surface area contributed by atoms with Crippen LogP contribution in [0.1, 0.15) is 6.42 Å². The zero-order valence-electron chi connectivity index (χ0n) is 5.77. The smallest absolute Gasteiger partial charge is 0.208 e. The molecule has 0 rings (SSSR count). The minimum atomic E-state index is -3.17. The molecule has 0 heterocycles. The van der Waals surface area contributed by atoms with Crippen molar-refractivity contribution in [2.75, 3.05) is 12.8 Å². The number of sulfonamides is 1. The molecule has 0 fully saturated rings. The lowest BCUT2D eigenvalue weighted by Gasteiger charge is -2.09. The van der Waals surface area contributed by atoms with E-state index in [1.807, 2.05) is 0 Å². The summed E-state index contributed by atoms with van der Waals surface area (Å²) < 4.78 is 21.8. The number of hydrogen-bond donors (Lipinski definition) is 1. The van der Waals surface area contributed by atoms with E-state index in [0.717, 1.165) is 6.26 Å². The highest BCUT2D eigenvalue weighted by atomic mass is 35.6. The molecule has 7 heteroatoms. The molecule has 0 bridgehead atoms. The van der Waals surface area contributed by atoms with E-state index in [-0.39, 0.29) is 13.0 Å². The van der Waals surface area contributed by atoms with Crippen molar-refractivity contribution in [2.45, 2.75) is 10.2 Å². The Bertz CT molecular complexity index is 208. The Hall–Kier alpha value is 0.780. The van der Waals surface area contributed by atoms with E-state index in [1.165, 1.54) is 0 Å². The molecule has 11 heavy (non-hydrogen) atoms. The van der Waals surface area contributed by atoms with Crippen molar-refractivity contribution in [3.05, 3.63) is 0 Å². The normalized spacial score (nSPS) is 13.5. The van der Waals surface area contributed by atoms with Crippen molar-refractivity contribution in [3.63, 3.8) is 0 Å². The maximum Gasteiger partial charge on any atom is 0.208 e. The second-order valence-electron chi connectivity index (χ2n) is 2.03. The fourth-order valence-electron chi connectivity index (χ4n) is 0.378. The number of nitrogens with one attached hydrogen (secondary N) is 1. The third kappa shape index (κ3) is 10.8. The monoisotopic (exact) mass is 239 g/mol. The van der Waals surface area contributed by atoms with Crippen molar-refractivity contribution >= 4 is 44.8 Å². The molecule has 68 valence electrons. The number of alkyl halides is 3. The van der Waals surface area contributed by atoms with Crippen LogP contribution in [-0.4, -0.2) is 25.0 Å². The van der Waals surface area contributed by atoms with Crippen LogP contribution in [0.2, 0.25) is 0 Å². The van der Waals surface area contributed by atoms with E-state index in [1.54, 1.807) is 0 Å². The number of rotatable bonds is 3. The van der Waals surface area contributed by atoms with Crippen LogP contribution >= 0.6 is 34.8 Å². The number of halogens is 3. The van der Waals surface area contributed by atoms with Gasteiger partial charge in [0.2, 0.25) is 10.0 Å². The Labute approximate surface area is 81.1 Å². The van der Waals surface area contributed by atoms with E-state index >= 15 is 0 Å². The maximum absolute atomic E-state index is 10.5. The van der Waals surface area contributed by atoms with Crippen LogP contribution in [-0.2, 0) is 10.0 Å². The zero-order valence-corrected chi connectivity index (χ0v) is 8.86. The van der Waals surface area contributed by atoms with Crippen LogP contribution in [0.15, 0.2) is 0 Å². The second kappa shape index (κ2) is 4.14. The summed E-state index contributed by atoms with van der Waals surface area (Å²) in [5.41, 5.74) is 0. The summed E-state index contributed by atoms with van der Waals surface area (Å²) in [6.45, 7) is 0.134. The fraction of sp³-hybridized carbons (Fsp3) is 1.00. The second-order valence-corrected chi connectivity index (χ2v) is 6.38. The number of hydrogen-bond acceptors (Lipinski definition) is 2. The summed E-state index contributed by atoms with van der Waals surface area (Å²) in [6, 6.07) is 0. The molecule has 0 aliphatic heterocycles. The van der Waals surface area contributed by atoms with Crippen LogP contribution in [0.25, 0.3) is 0 Å². The van der Waals surface area contributed by atoms with Crippen LogP contribution in [0.5, 0.6) is 0 Å². The highest BCUT2D eigenvalue weighted by molar-refractivity contribution is 7.88. The molecule has 0 saturated heterocycles. The predicted octanol–water partition coefficient (Wildman–Crippen LogP) is 1.30. The van der Waals surface area contributed by atoms with Gasteiger partial charge < -0.3 is 0 Å². The summed E-state index contributed by atoms with van der Waals surface area (Å²) in [6.07, 6.45) is 1.20. The minimum absolute atomic E-state index is 0.134. The van der Waals surface area contributed by atoms with Gasteiger partial charge in [0.25, 0.3) is 0 Å². The maximum atomic E-state index is 10.5. The first-order chi connectivity index (χ1) is 4.71. The molecule has 0 spiro atoms. The van der Waals surface area contributed by atoms with Gasteiger partial charge in [0.15, 0.2) is 3.79 Å². The standard InChI is InChI=1S/C4H8Cl3NO2S/c1-11(9,10)8-3-2-4(5,6)7/h8H,2-3H2,1H3. The summed E-state index contributed by atoms with van der Waals surface area (Å²) in [5.74, 6) is 0. The molecule has 0 aromatic rings. The Balaban J connectivity index is 3.61. The Kier molecular flexibility index (Phi) is 4.43. The van der Waals surface area contributed by atoms with Gasteiger partial charge in [-0.1, -0.05) is 34.8 Å². The molecule has 0 aromatic heterocycles. The van der Waals surface area contributed by atoms with E-state index in [2.05, 4.69) is 4.72 Å². The summed E-state index contributed by atoms with van der Waals surface area (Å²) in [7, 11) is -3.17. The average molecular weight is 241 g/mol. The quantitative estimate of drug-likeness (QED) is 0.756. The van der Waals surface area contributed by atoms with Gasteiger partial charge in [-0.05, 0) is 0 Å². The van der Waals surface area contributed by atoms with Gasteiger partial charge in [0.05, 0.1) is 6.26 Å². The van der Waals surface area contributed by atoms with Crippen molar-refractivity contribution in [2.24, 2.45) is 0 Å². The molecular formula is C4H8Cl3NO2S. The predicted molar refractivity (Wildman–Crippen MR) is 47.8 cm³/mol. The molecule has 0 amide bonds. The topological polar surface area (TPSA) is 46.2 Å². The molecular weight excluding hydrogens is 232 g/mol. The zero-order chi connectivity index (χ0) is 9.12. The molecule has 0 aliphatic rings. The van der Waals surface area contributed by atoms with Gasteiger partial charge in [-0.25, -0.2) is 13.1 Å². The third-order valence-electron chi connectivity index (χ3n) is 0.773. The first-order valence-electron chi connectivity index (χ1n) is 2.72. The molecule has 0 unspecified atom stereocenters.